The van der Waals surface area contributed by atoms with Crippen LogP contribution in [0.4, 0.5) is 16.2 Å². The average Bonchev–Trinajstić information content (AvgIpc) is 3.17. The van der Waals surface area contributed by atoms with Crippen molar-refractivity contribution in [2.45, 2.75) is 31.4 Å². The van der Waals surface area contributed by atoms with E-state index in [1.807, 2.05) is 38.3 Å². The van der Waals surface area contributed by atoms with Gasteiger partial charge in [-0.25, -0.2) is 4.79 Å². The van der Waals surface area contributed by atoms with Crippen molar-refractivity contribution >= 4 is 17.4 Å². The van der Waals surface area contributed by atoms with Gasteiger partial charge in [0.1, 0.15) is 6.10 Å². The summed E-state index contributed by atoms with van der Waals surface area (Å²) < 4.78 is 7.66. The second-order valence-electron chi connectivity index (χ2n) is 6.47. The molecule has 1 saturated carbocycles. The third-order valence-corrected chi connectivity index (χ3v) is 4.24. The SMILES string of the molecule is CN(C)c1cncc(NC(=O)N[C@@H]2CCC[C@@H]2Oc2cnn(C)c2)c1. The lowest BCUT2D eigenvalue weighted by molar-refractivity contribution is 0.175. The number of amides is 2. The number of aryl methyl sites for hydroxylation is 1. The Hall–Kier alpha value is -2.77. The van der Waals surface area contributed by atoms with E-state index in [0.29, 0.717) is 5.69 Å². The van der Waals surface area contributed by atoms with Crippen LogP contribution in [0.5, 0.6) is 5.75 Å². The van der Waals surface area contributed by atoms with Crippen molar-refractivity contribution in [3.8, 4) is 5.75 Å². The lowest BCUT2D eigenvalue weighted by atomic mass is 10.2. The maximum atomic E-state index is 12.3. The molecular weight excluding hydrogens is 320 g/mol. The minimum atomic E-state index is -0.246. The van der Waals surface area contributed by atoms with E-state index in [0.717, 1.165) is 30.7 Å². The van der Waals surface area contributed by atoms with Gasteiger partial charge in [0.2, 0.25) is 0 Å². The molecule has 0 spiro atoms. The van der Waals surface area contributed by atoms with E-state index in [2.05, 4.69) is 20.7 Å². The van der Waals surface area contributed by atoms with Gasteiger partial charge in [-0.3, -0.25) is 9.67 Å². The highest BCUT2D eigenvalue weighted by Crippen LogP contribution is 2.24. The molecule has 2 amide bonds. The lowest BCUT2D eigenvalue weighted by Gasteiger charge is -2.22. The summed E-state index contributed by atoms with van der Waals surface area (Å²) >= 11 is 0. The molecule has 3 rings (SSSR count). The summed E-state index contributed by atoms with van der Waals surface area (Å²) in [6, 6.07) is 1.61. The number of urea groups is 1. The van der Waals surface area contributed by atoms with Gasteiger partial charge in [-0.1, -0.05) is 0 Å². The van der Waals surface area contributed by atoms with Crippen LogP contribution in [0.1, 0.15) is 19.3 Å². The van der Waals surface area contributed by atoms with Crippen LogP contribution < -0.4 is 20.3 Å². The molecule has 2 aromatic heterocycles. The van der Waals surface area contributed by atoms with Gasteiger partial charge in [0.25, 0.3) is 0 Å². The Labute approximate surface area is 147 Å². The number of anilines is 2. The minimum Gasteiger partial charge on any atom is -0.485 e. The van der Waals surface area contributed by atoms with E-state index in [-0.39, 0.29) is 18.2 Å². The average molecular weight is 344 g/mol. The van der Waals surface area contributed by atoms with Crippen molar-refractivity contribution < 1.29 is 9.53 Å². The topological polar surface area (TPSA) is 84.3 Å². The molecule has 2 aromatic rings. The number of ether oxygens (including phenoxy) is 1. The van der Waals surface area contributed by atoms with Crippen LogP contribution in [0.15, 0.2) is 30.9 Å². The molecule has 0 aromatic carbocycles. The molecule has 0 radical (unpaired) electrons. The van der Waals surface area contributed by atoms with E-state index in [1.54, 1.807) is 23.3 Å². The zero-order chi connectivity index (χ0) is 17.8. The fraction of sp³-hybridized carbons (Fsp3) is 0.471. The Kier molecular flexibility index (Phi) is 5.06. The van der Waals surface area contributed by atoms with Gasteiger partial charge in [-0.05, 0) is 25.3 Å². The Morgan fingerprint density at radius 2 is 2.16 bits per heavy atom. The molecule has 1 aliphatic rings. The van der Waals surface area contributed by atoms with Crippen LogP contribution in [0.3, 0.4) is 0 Å². The summed E-state index contributed by atoms with van der Waals surface area (Å²) in [5.74, 6) is 0.726. The molecule has 8 heteroatoms. The molecule has 2 N–H and O–H groups in total. The van der Waals surface area contributed by atoms with Gasteiger partial charge in [-0.2, -0.15) is 5.10 Å². The highest BCUT2D eigenvalue weighted by atomic mass is 16.5. The Balaban J connectivity index is 1.57. The molecule has 0 saturated heterocycles. The largest absolute Gasteiger partial charge is 0.485 e. The number of nitrogens with zero attached hydrogens (tertiary/aromatic N) is 4. The van der Waals surface area contributed by atoms with Crippen LogP contribution in [0.25, 0.3) is 0 Å². The Morgan fingerprint density at radius 1 is 1.32 bits per heavy atom. The molecule has 2 atom stereocenters. The zero-order valence-corrected chi connectivity index (χ0v) is 14.8. The number of aromatic nitrogens is 3. The molecule has 0 aliphatic heterocycles. The first kappa shape index (κ1) is 17.1. The Morgan fingerprint density at radius 3 is 2.88 bits per heavy atom. The molecular formula is C17H24N6O2. The number of carbonyl (C=O) groups is 1. The number of hydrogen-bond acceptors (Lipinski definition) is 5. The quantitative estimate of drug-likeness (QED) is 0.867. The van der Waals surface area contributed by atoms with E-state index in [9.17, 15) is 4.79 Å². The number of carbonyl (C=O) groups excluding carboxylic acids is 1. The third-order valence-electron chi connectivity index (χ3n) is 4.24. The highest BCUT2D eigenvalue weighted by Gasteiger charge is 2.30. The van der Waals surface area contributed by atoms with Crippen molar-refractivity contribution in [3.05, 3.63) is 30.9 Å². The summed E-state index contributed by atoms with van der Waals surface area (Å²) in [5.41, 5.74) is 1.59. The van der Waals surface area contributed by atoms with Gasteiger partial charge >= 0.3 is 6.03 Å². The van der Waals surface area contributed by atoms with Crippen LogP contribution >= 0.6 is 0 Å². The zero-order valence-electron chi connectivity index (χ0n) is 14.8. The lowest BCUT2D eigenvalue weighted by Crippen LogP contribution is -2.44. The maximum Gasteiger partial charge on any atom is 0.319 e. The molecule has 134 valence electrons. The second-order valence-corrected chi connectivity index (χ2v) is 6.47. The number of hydrogen-bond donors (Lipinski definition) is 2. The van der Waals surface area contributed by atoms with Crippen molar-refractivity contribution in [1.29, 1.82) is 0 Å². The summed E-state index contributed by atoms with van der Waals surface area (Å²) in [6.45, 7) is 0. The van der Waals surface area contributed by atoms with Gasteiger partial charge < -0.3 is 20.3 Å². The number of nitrogens with one attached hydrogen (secondary N) is 2. The molecule has 1 fully saturated rings. The van der Waals surface area contributed by atoms with Crippen LogP contribution in [-0.4, -0.2) is 47.0 Å². The monoisotopic (exact) mass is 344 g/mol. The van der Waals surface area contributed by atoms with Crippen LogP contribution in [0.2, 0.25) is 0 Å². The summed E-state index contributed by atoms with van der Waals surface area (Å²) in [5, 5.41) is 9.95. The maximum absolute atomic E-state index is 12.3. The van der Waals surface area contributed by atoms with Crippen molar-refractivity contribution in [2.75, 3.05) is 24.3 Å². The number of pyridine rings is 1. The van der Waals surface area contributed by atoms with E-state index >= 15 is 0 Å². The first-order valence-electron chi connectivity index (χ1n) is 8.36. The van der Waals surface area contributed by atoms with E-state index in [1.165, 1.54) is 0 Å². The molecule has 8 nitrogen and oxygen atoms in total. The fourth-order valence-corrected chi connectivity index (χ4v) is 2.94. The molecule has 25 heavy (non-hydrogen) atoms. The van der Waals surface area contributed by atoms with Crippen molar-refractivity contribution in [3.63, 3.8) is 0 Å². The first-order chi connectivity index (χ1) is 12.0. The third kappa shape index (κ3) is 4.40. The first-order valence-corrected chi connectivity index (χ1v) is 8.36. The van der Waals surface area contributed by atoms with Gasteiger partial charge in [0, 0.05) is 21.1 Å². The van der Waals surface area contributed by atoms with Crippen molar-refractivity contribution in [2.24, 2.45) is 7.05 Å². The van der Waals surface area contributed by atoms with Gasteiger partial charge in [0.05, 0.1) is 42.2 Å². The van der Waals surface area contributed by atoms with E-state index in [4.69, 9.17) is 4.74 Å². The van der Waals surface area contributed by atoms with Gasteiger partial charge in [0.15, 0.2) is 5.75 Å². The second kappa shape index (κ2) is 7.42. The van der Waals surface area contributed by atoms with Crippen molar-refractivity contribution in [1.82, 2.24) is 20.1 Å². The summed E-state index contributed by atoms with van der Waals surface area (Å²) in [4.78, 5) is 18.4. The molecule has 0 unspecified atom stereocenters. The summed E-state index contributed by atoms with van der Waals surface area (Å²) in [6.07, 6.45) is 9.69. The molecule has 0 bridgehead atoms. The Bertz CT molecular complexity index is 729. The minimum absolute atomic E-state index is 0.0230. The standard InChI is InChI=1S/C17H24N6O2/c1-22(2)13-7-12(8-18-9-13)20-17(24)21-15-5-4-6-16(15)25-14-10-19-23(3)11-14/h7-11,15-16H,4-6H2,1-3H3,(H2,20,21,24)/t15-,16+/m1/s1. The predicted molar refractivity (Wildman–Crippen MR) is 96.0 cm³/mol. The molecule has 1 aliphatic carbocycles. The smallest absolute Gasteiger partial charge is 0.319 e. The predicted octanol–water partition coefficient (Wildman–Crippen LogP) is 2.00. The fourth-order valence-electron chi connectivity index (χ4n) is 2.94. The number of rotatable bonds is 5. The van der Waals surface area contributed by atoms with E-state index < -0.39 is 0 Å². The molecule has 2 heterocycles. The normalized spacial score (nSPS) is 19.5. The van der Waals surface area contributed by atoms with Gasteiger partial charge in [-0.15, -0.1) is 0 Å². The summed E-state index contributed by atoms with van der Waals surface area (Å²) in [7, 11) is 5.71. The highest BCUT2D eigenvalue weighted by molar-refractivity contribution is 5.89. The van der Waals surface area contributed by atoms with Crippen LogP contribution in [-0.2, 0) is 7.05 Å². The van der Waals surface area contributed by atoms with Crippen LogP contribution in [0, 0.1) is 0 Å².